The minimum Gasteiger partial charge on any atom is -0.277 e. The summed E-state index contributed by atoms with van der Waals surface area (Å²) in [5.41, 5.74) is 5.98. The summed E-state index contributed by atoms with van der Waals surface area (Å²) in [7, 11) is 0. The van der Waals surface area contributed by atoms with Crippen LogP contribution in [-0.4, -0.2) is 27.3 Å². The van der Waals surface area contributed by atoms with Gasteiger partial charge in [0.2, 0.25) is 0 Å². The minimum absolute atomic E-state index is 0.607. The largest absolute Gasteiger partial charge is 0.277 e. The van der Waals surface area contributed by atoms with Crippen LogP contribution in [0.1, 0.15) is 38.7 Å². The molecule has 108 valence electrons. The van der Waals surface area contributed by atoms with Crippen LogP contribution in [0, 0.1) is 0 Å². The average molecular weight is 290 g/mol. The third kappa shape index (κ3) is 2.80. The average Bonchev–Trinajstić information content (AvgIpc) is 3.08. The van der Waals surface area contributed by atoms with E-state index in [2.05, 4.69) is 52.0 Å². The fourth-order valence-electron chi connectivity index (χ4n) is 2.99. The summed E-state index contributed by atoms with van der Waals surface area (Å²) in [5.74, 6) is 0. The molecule has 0 aliphatic carbocycles. The van der Waals surface area contributed by atoms with Crippen LogP contribution in [0.2, 0.25) is 0 Å². The van der Waals surface area contributed by atoms with E-state index in [0.717, 1.165) is 12.2 Å². The van der Waals surface area contributed by atoms with Crippen molar-refractivity contribution in [2.45, 2.75) is 51.7 Å². The molecule has 2 atom stereocenters. The zero-order chi connectivity index (χ0) is 13.9. The Balaban J connectivity index is 1.68. The SMILES string of the molecule is CC1CCCC(C)N1NCc1cn[nH]c1-c1cccs1. The lowest BCUT2D eigenvalue weighted by molar-refractivity contribution is 0.0436. The topological polar surface area (TPSA) is 44.0 Å². The number of piperidine rings is 1. The number of aromatic nitrogens is 2. The molecule has 2 aromatic heterocycles. The zero-order valence-electron chi connectivity index (χ0n) is 12.1. The summed E-state index contributed by atoms with van der Waals surface area (Å²) in [4.78, 5) is 1.25. The second-order valence-electron chi connectivity index (χ2n) is 5.62. The Morgan fingerprint density at radius 2 is 2.20 bits per heavy atom. The van der Waals surface area contributed by atoms with Crippen molar-refractivity contribution in [2.24, 2.45) is 0 Å². The van der Waals surface area contributed by atoms with Crippen molar-refractivity contribution in [2.75, 3.05) is 0 Å². The van der Waals surface area contributed by atoms with Crippen molar-refractivity contribution in [3.05, 3.63) is 29.3 Å². The van der Waals surface area contributed by atoms with E-state index in [1.807, 2.05) is 6.20 Å². The lowest BCUT2D eigenvalue weighted by Crippen LogP contribution is -2.51. The van der Waals surface area contributed by atoms with E-state index < -0.39 is 0 Å². The number of thiophene rings is 1. The Morgan fingerprint density at radius 1 is 1.40 bits per heavy atom. The molecule has 3 rings (SSSR count). The molecule has 1 saturated heterocycles. The van der Waals surface area contributed by atoms with Gasteiger partial charge in [-0.1, -0.05) is 12.5 Å². The first-order valence-corrected chi connectivity index (χ1v) is 8.21. The smallest absolute Gasteiger partial charge is 0.0795 e. The van der Waals surface area contributed by atoms with Gasteiger partial charge >= 0.3 is 0 Å². The number of rotatable bonds is 4. The predicted molar refractivity (Wildman–Crippen MR) is 83.4 cm³/mol. The van der Waals surface area contributed by atoms with Gasteiger partial charge in [-0.15, -0.1) is 11.3 Å². The first-order valence-electron chi connectivity index (χ1n) is 7.33. The zero-order valence-corrected chi connectivity index (χ0v) is 12.9. The van der Waals surface area contributed by atoms with Crippen molar-refractivity contribution in [3.8, 4) is 10.6 Å². The Morgan fingerprint density at radius 3 is 2.90 bits per heavy atom. The van der Waals surface area contributed by atoms with Crippen molar-refractivity contribution in [1.82, 2.24) is 20.6 Å². The Kier molecular flexibility index (Phi) is 4.19. The van der Waals surface area contributed by atoms with Gasteiger partial charge in [0.05, 0.1) is 16.8 Å². The number of hydrogen-bond donors (Lipinski definition) is 2. The van der Waals surface area contributed by atoms with Crippen LogP contribution >= 0.6 is 11.3 Å². The highest BCUT2D eigenvalue weighted by Gasteiger charge is 2.24. The van der Waals surface area contributed by atoms with E-state index in [4.69, 9.17) is 0 Å². The van der Waals surface area contributed by atoms with Gasteiger partial charge in [-0.3, -0.25) is 10.5 Å². The second-order valence-corrected chi connectivity index (χ2v) is 6.57. The number of nitrogens with one attached hydrogen (secondary N) is 2. The molecule has 0 spiro atoms. The molecule has 2 unspecified atom stereocenters. The molecule has 1 aliphatic rings. The first-order chi connectivity index (χ1) is 9.75. The number of H-pyrrole nitrogens is 1. The molecule has 0 bridgehead atoms. The van der Waals surface area contributed by atoms with Crippen molar-refractivity contribution in [1.29, 1.82) is 0 Å². The monoisotopic (exact) mass is 290 g/mol. The molecule has 4 nitrogen and oxygen atoms in total. The quantitative estimate of drug-likeness (QED) is 0.907. The molecule has 0 saturated carbocycles. The lowest BCUT2D eigenvalue weighted by Gasteiger charge is -2.39. The van der Waals surface area contributed by atoms with Gasteiger partial charge in [-0.05, 0) is 38.1 Å². The van der Waals surface area contributed by atoms with Gasteiger partial charge in [0, 0.05) is 24.2 Å². The molecular weight excluding hydrogens is 268 g/mol. The highest BCUT2D eigenvalue weighted by Crippen LogP contribution is 2.26. The molecule has 0 radical (unpaired) electrons. The maximum Gasteiger partial charge on any atom is 0.0795 e. The third-order valence-corrected chi connectivity index (χ3v) is 5.02. The molecule has 3 heterocycles. The van der Waals surface area contributed by atoms with Crippen LogP contribution in [0.4, 0.5) is 0 Å². The standard InChI is InChI=1S/C15H22N4S/c1-11-5-3-6-12(2)19(11)17-10-13-9-16-18-15(13)14-7-4-8-20-14/h4,7-9,11-12,17H,3,5-6,10H2,1-2H3,(H,16,18). The fourth-order valence-corrected chi connectivity index (χ4v) is 3.74. The summed E-state index contributed by atoms with van der Waals surface area (Å²) in [5, 5.41) is 11.8. The van der Waals surface area contributed by atoms with E-state index in [1.54, 1.807) is 11.3 Å². The van der Waals surface area contributed by atoms with Crippen LogP contribution in [-0.2, 0) is 6.54 Å². The molecule has 5 heteroatoms. The Labute approximate surface area is 124 Å². The number of hydrogen-bond acceptors (Lipinski definition) is 4. The molecule has 2 aromatic rings. The molecule has 1 aliphatic heterocycles. The minimum atomic E-state index is 0.607. The van der Waals surface area contributed by atoms with E-state index >= 15 is 0 Å². The fraction of sp³-hybridized carbons (Fsp3) is 0.533. The first kappa shape index (κ1) is 13.8. The number of hydrazine groups is 1. The molecular formula is C15H22N4S. The van der Waals surface area contributed by atoms with Crippen LogP contribution < -0.4 is 5.43 Å². The molecule has 0 aromatic carbocycles. The predicted octanol–water partition coefficient (Wildman–Crippen LogP) is 3.41. The van der Waals surface area contributed by atoms with Gasteiger partial charge in [-0.25, -0.2) is 5.01 Å². The van der Waals surface area contributed by atoms with Crippen LogP contribution in [0.3, 0.4) is 0 Å². The lowest BCUT2D eigenvalue weighted by atomic mass is 10.00. The maximum absolute atomic E-state index is 4.20. The maximum atomic E-state index is 4.20. The van der Waals surface area contributed by atoms with E-state index in [0.29, 0.717) is 12.1 Å². The molecule has 1 fully saturated rings. The highest BCUT2D eigenvalue weighted by molar-refractivity contribution is 7.13. The summed E-state index contributed by atoms with van der Waals surface area (Å²) in [6.07, 6.45) is 5.83. The van der Waals surface area contributed by atoms with E-state index in [-0.39, 0.29) is 0 Å². The van der Waals surface area contributed by atoms with Crippen LogP contribution in [0.5, 0.6) is 0 Å². The van der Waals surface area contributed by atoms with Crippen LogP contribution in [0.25, 0.3) is 10.6 Å². The van der Waals surface area contributed by atoms with Gasteiger partial charge in [0.25, 0.3) is 0 Å². The van der Waals surface area contributed by atoms with Gasteiger partial charge in [0.1, 0.15) is 0 Å². The molecule has 20 heavy (non-hydrogen) atoms. The van der Waals surface area contributed by atoms with Crippen LogP contribution in [0.15, 0.2) is 23.7 Å². The van der Waals surface area contributed by atoms with E-state index in [9.17, 15) is 0 Å². The summed E-state index contributed by atoms with van der Waals surface area (Å²) in [6.45, 7) is 5.44. The molecule has 0 amide bonds. The number of nitrogens with zero attached hydrogens (tertiary/aromatic N) is 2. The normalized spacial score (nSPS) is 24.1. The van der Waals surface area contributed by atoms with Gasteiger partial charge in [-0.2, -0.15) is 5.10 Å². The second kappa shape index (κ2) is 6.08. The third-order valence-electron chi connectivity index (χ3n) is 4.13. The Bertz CT molecular complexity index is 524. The highest BCUT2D eigenvalue weighted by atomic mass is 32.1. The molecule has 2 N–H and O–H groups in total. The van der Waals surface area contributed by atoms with E-state index in [1.165, 1.54) is 29.7 Å². The van der Waals surface area contributed by atoms with Crippen molar-refractivity contribution >= 4 is 11.3 Å². The summed E-state index contributed by atoms with van der Waals surface area (Å²) < 4.78 is 0. The van der Waals surface area contributed by atoms with Gasteiger partial charge < -0.3 is 0 Å². The Hall–Kier alpha value is -1.17. The summed E-state index contributed by atoms with van der Waals surface area (Å²) >= 11 is 1.74. The van der Waals surface area contributed by atoms with Gasteiger partial charge in [0.15, 0.2) is 0 Å². The van der Waals surface area contributed by atoms with Crippen molar-refractivity contribution < 1.29 is 0 Å². The van der Waals surface area contributed by atoms with Crippen molar-refractivity contribution in [3.63, 3.8) is 0 Å². The summed E-state index contributed by atoms with van der Waals surface area (Å²) in [6, 6.07) is 5.42. The number of aromatic amines is 1.